The van der Waals surface area contributed by atoms with Crippen LogP contribution < -0.4 is 0 Å². The Hall–Kier alpha value is -0.470. The molecule has 0 aliphatic heterocycles. The Morgan fingerprint density at radius 1 is 1.60 bits per heavy atom. The average molecular weight is 148 g/mol. The minimum atomic E-state index is -2.59. The van der Waals surface area contributed by atoms with Gasteiger partial charge in [-0.2, -0.15) is 0 Å². The fourth-order valence-corrected chi connectivity index (χ4v) is 1.22. The average Bonchev–Trinajstić information content (AvgIpc) is 1.79. The van der Waals surface area contributed by atoms with Crippen LogP contribution >= 0.6 is 0 Å². The topological polar surface area (TPSA) is 17.1 Å². The molecule has 1 aliphatic rings. The normalized spacial score (nSPS) is 32.3. The second-order valence-corrected chi connectivity index (χ2v) is 2.93. The lowest BCUT2D eigenvalue weighted by molar-refractivity contribution is -0.134. The van der Waals surface area contributed by atoms with E-state index in [1.54, 1.807) is 6.92 Å². The van der Waals surface area contributed by atoms with E-state index in [9.17, 15) is 13.6 Å². The molecular weight excluding hydrogens is 138 g/mol. The van der Waals surface area contributed by atoms with Crippen LogP contribution in [0.2, 0.25) is 0 Å². The maximum atomic E-state index is 12.5. The Morgan fingerprint density at radius 3 is 2.60 bits per heavy atom. The molecule has 0 bridgehead atoms. The molecule has 0 aromatic rings. The van der Waals surface area contributed by atoms with Gasteiger partial charge in [-0.25, -0.2) is 8.78 Å². The van der Waals surface area contributed by atoms with Crippen LogP contribution in [0.15, 0.2) is 0 Å². The van der Waals surface area contributed by atoms with Gasteiger partial charge in [-0.15, -0.1) is 0 Å². The molecule has 3 heteroatoms. The largest absolute Gasteiger partial charge is 0.299 e. The molecule has 0 spiro atoms. The summed E-state index contributed by atoms with van der Waals surface area (Å²) in [5.74, 6) is -3.05. The fourth-order valence-electron chi connectivity index (χ4n) is 1.22. The van der Waals surface area contributed by atoms with E-state index in [-0.39, 0.29) is 25.0 Å². The number of alkyl halides is 2. The predicted molar refractivity (Wildman–Crippen MR) is 33.0 cm³/mol. The quantitative estimate of drug-likeness (QED) is 0.513. The van der Waals surface area contributed by atoms with Crippen molar-refractivity contribution in [1.29, 1.82) is 0 Å². The molecule has 1 atom stereocenters. The third-order valence-corrected chi connectivity index (χ3v) is 1.89. The summed E-state index contributed by atoms with van der Waals surface area (Å²) < 4.78 is 25.0. The molecule has 58 valence electrons. The van der Waals surface area contributed by atoms with Crippen LogP contribution in [0, 0.1) is 5.92 Å². The number of carbonyl (C=O) groups excluding carboxylic acids is 1. The minimum absolute atomic E-state index is 0.0223. The maximum absolute atomic E-state index is 12.5. The summed E-state index contributed by atoms with van der Waals surface area (Å²) in [6.45, 7) is 1.56. The standard InChI is InChI=1S/C7H10F2O/c1-5-4-7(8,9)3-2-6(5)10/h5H,2-4H2,1H3. The predicted octanol–water partition coefficient (Wildman–Crippen LogP) is 2.01. The van der Waals surface area contributed by atoms with Crippen LogP contribution in [0.5, 0.6) is 0 Å². The summed E-state index contributed by atoms with van der Waals surface area (Å²) in [6, 6.07) is 0. The summed E-state index contributed by atoms with van der Waals surface area (Å²) in [4.78, 5) is 10.7. The number of hydrogen-bond donors (Lipinski definition) is 0. The van der Waals surface area contributed by atoms with Gasteiger partial charge in [-0.1, -0.05) is 6.92 Å². The van der Waals surface area contributed by atoms with Gasteiger partial charge in [0.2, 0.25) is 5.92 Å². The molecule has 0 saturated heterocycles. The third kappa shape index (κ3) is 1.52. The highest BCUT2D eigenvalue weighted by atomic mass is 19.3. The molecule has 1 rings (SSSR count). The van der Waals surface area contributed by atoms with E-state index in [1.807, 2.05) is 0 Å². The first kappa shape index (κ1) is 7.63. The lowest BCUT2D eigenvalue weighted by Gasteiger charge is -2.24. The molecule has 1 unspecified atom stereocenters. The van der Waals surface area contributed by atoms with Crippen LogP contribution in [-0.4, -0.2) is 11.7 Å². The highest BCUT2D eigenvalue weighted by Gasteiger charge is 2.38. The van der Waals surface area contributed by atoms with Gasteiger partial charge < -0.3 is 0 Å². The number of rotatable bonds is 0. The highest BCUT2D eigenvalue weighted by Crippen LogP contribution is 2.34. The Balaban J connectivity index is 2.57. The SMILES string of the molecule is CC1CC(F)(F)CCC1=O. The van der Waals surface area contributed by atoms with Gasteiger partial charge in [0.1, 0.15) is 5.78 Å². The van der Waals surface area contributed by atoms with Crippen molar-refractivity contribution in [3.63, 3.8) is 0 Å². The van der Waals surface area contributed by atoms with Crippen molar-refractivity contribution < 1.29 is 13.6 Å². The molecule has 10 heavy (non-hydrogen) atoms. The molecule has 0 aromatic carbocycles. The molecule has 1 fully saturated rings. The zero-order valence-corrected chi connectivity index (χ0v) is 5.86. The summed E-state index contributed by atoms with van der Waals surface area (Å²) >= 11 is 0. The van der Waals surface area contributed by atoms with Gasteiger partial charge in [0, 0.05) is 25.2 Å². The van der Waals surface area contributed by atoms with E-state index in [4.69, 9.17) is 0 Å². The van der Waals surface area contributed by atoms with Gasteiger partial charge in [0.05, 0.1) is 0 Å². The van der Waals surface area contributed by atoms with Crippen LogP contribution in [0.1, 0.15) is 26.2 Å². The van der Waals surface area contributed by atoms with Gasteiger partial charge in [0.15, 0.2) is 0 Å². The van der Waals surface area contributed by atoms with Gasteiger partial charge >= 0.3 is 0 Å². The van der Waals surface area contributed by atoms with Crippen molar-refractivity contribution in [1.82, 2.24) is 0 Å². The van der Waals surface area contributed by atoms with Crippen LogP contribution in [-0.2, 0) is 4.79 Å². The van der Waals surface area contributed by atoms with Gasteiger partial charge in [-0.05, 0) is 0 Å². The minimum Gasteiger partial charge on any atom is -0.299 e. The molecule has 1 nitrogen and oxygen atoms in total. The first-order valence-electron chi connectivity index (χ1n) is 3.42. The Morgan fingerprint density at radius 2 is 2.20 bits per heavy atom. The molecule has 0 aromatic heterocycles. The fraction of sp³-hybridized carbons (Fsp3) is 0.857. The van der Waals surface area contributed by atoms with E-state index in [0.717, 1.165) is 0 Å². The second-order valence-electron chi connectivity index (χ2n) is 2.93. The number of ketones is 1. The highest BCUT2D eigenvalue weighted by molar-refractivity contribution is 5.81. The molecule has 0 radical (unpaired) electrons. The Bertz CT molecular complexity index is 154. The number of halogens is 2. The zero-order chi connectivity index (χ0) is 7.78. The number of Topliss-reactive ketones (excluding diaryl/α,β-unsaturated/α-hetero) is 1. The van der Waals surface area contributed by atoms with E-state index >= 15 is 0 Å². The molecule has 0 N–H and O–H groups in total. The summed E-state index contributed by atoms with van der Waals surface area (Å²) in [6.07, 6.45) is -0.462. The molecule has 1 saturated carbocycles. The Kier molecular flexibility index (Phi) is 1.75. The molecular formula is C7H10F2O. The van der Waals surface area contributed by atoms with Crippen molar-refractivity contribution >= 4 is 5.78 Å². The Labute approximate surface area is 58.4 Å². The third-order valence-electron chi connectivity index (χ3n) is 1.89. The second kappa shape index (κ2) is 2.29. The lowest BCUT2D eigenvalue weighted by atomic mass is 9.87. The van der Waals surface area contributed by atoms with E-state index < -0.39 is 11.8 Å². The van der Waals surface area contributed by atoms with Crippen LogP contribution in [0.4, 0.5) is 8.78 Å². The summed E-state index contributed by atoms with van der Waals surface area (Å²) in [5, 5.41) is 0. The van der Waals surface area contributed by atoms with Crippen molar-refractivity contribution in [2.45, 2.75) is 32.1 Å². The van der Waals surface area contributed by atoms with E-state index in [1.165, 1.54) is 0 Å². The molecule has 1 aliphatic carbocycles. The summed E-state index contributed by atoms with van der Waals surface area (Å²) in [5.41, 5.74) is 0. The number of carbonyl (C=O) groups is 1. The summed E-state index contributed by atoms with van der Waals surface area (Å²) in [7, 11) is 0. The number of hydrogen-bond acceptors (Lipinski definition) is 1. The monoisotopic (exact) mass is 148 g/mol. The van der Waals surface area contributed by atoms with Crippen molar-refractivity contribution in [2.24, 2.45) is 5.92 Å². The zero-order valence-electron chi connectivity index (χ0n) is 5.86. The first-order chi connectivity index (χ1) is 4.51. The van der Waals surface area contributed by atoms with Crippen molar-refractivity contribution in [3.05, 3.63) is 0 Å². The van der Waals surface area contributed by atoms with Crippen molar-refractivity contribution in [2.75, 3.05) is 0 Å². The van der Waals surface area contributed by atoms with Crippen molar-refractivity contribution in [3.8, 4) is 0 Å². The first-order valence-corrected chi connectivity index (χ1v) is 3.42. The van der Waals surface area contributed by atoms with Gasteiger partial charge in [-0.3, -0.25) is 4.79 Å². The van der Waals surface area contributed by atoms with E-state index in [0.29, 0.717) is 0 Å². The van der Waals surface area contributed by atoms with Crippen LogP contribution in [0.3, 0.4) is 0 Å². The molecule has 0 heterocycles. The van der Waals surface area contributed by atoms with Gasteiger partial charge in [0.25, 0.3) is 0 Å². The smallest absolute Gasteiger partial charge is 0.249 e. The molecule has 0 amide bonds. The van der Waals surface area contributed by atoms with E-state index in [2.05, 4.69) is 0 Å². The van der Waals surface area contributed by atoms with Crippen LogP contribution in [0.25, 0.3) is 0 Å². The lowest BCUT2D eigenvalue weighted by Crippen LogP contribution is -2.30. The maximum Gasteiger partial charge on any atom is 0.249 e.